The van der Waals surface area contributed by atoms with Crippen LogP contribution in [0.15, 0.2) is 218 Å². The molecule has 0 fully saturated rings. The van der Waals surface area contributed by atoms with Crippen LogP contribution in [0.3, 0.4) is 0 Å². The van der Waals surface area contributed by atoms with E-state index in [0.717, 1.165) is 38.9 Å². The van der Waals surface area contributed by atoms with Gasteiger partial charge in [-0.25, -0.2) is 9.97 Å². The van der Waals surface area contributed by atoms with E-state index >= 15 is 0 Å². The normalized spacial score (nSPS) is 13.0. The molecule has 2 aliphatic rings. The molecule has 0 bridgehead atoms. The van der Waals surface area contributed by atoms with Crippen LogP contribution in [0.5, 0.6) is 0 Å². The van der Waals surface area contributed by atoms with E-state index in [1.54, 1.807) is 0 Å². The third-order valence-electron chi connectivity index (χ3n) is 13.3. The molecule has 61 heavy (non-hydrogen) atoms. The molecule has 0 N–H and O–H groups in total. The Kier molecular flexibility index (Phi) is 7.26. The van der Waals surface area contributed by atoms with Crippen molar-refractivity contribution in [3.05, 3.63) is 241 Å². The van der Waals surface area contributed by atoms with Gasteiger partial charge in [-0.1, -0.05) is 200 Å². The molecule has 0 unspecified atom stereocenters. The minimum Gasteiger partial charge on any atom is -0.228 e. The van der Waals surface area contributed by atoms with Crippen molar-refractivity contribution in [1.82, 2.24) is 9.97 Å². The molecule has 0 radical (unpaired) electrons. The van der Waals surface area contributed by atoms with Gasteiger partial charge in [-0.2, -0.15) is 0 Å². The lowest BCUT2D eigenvalue weighted by atomic mass is 9.70. The van der Waals surface area contributed by atoms with Crippen LogP contribution in [0.2, 0.25) is 0 Å². The number of benzene rings is 10. The lowest BCUT2D eigenvalue weighted by molar-refractivity contribution is 0.794. The van der Waals surface area contributed by atoms with Crippen LogP contribution in [-0.4, -0.2) is 9.97 Å². The van der Waals surface area contributed by atoms with Crippen molar-refractivity contribution in [2.45, 2.75) is 5.41 Å². The van der Waals surface area contributed by atoms with Gasteiger partial charge in [0.05, 0.1) is 16.8 Å². The molecule has 0 aliphatic heterocycles. The standard InChI is InChI=1S/C59H36N2/c1-2-14-37(15-3-1)38-26-28-40(29-27-38)55-36-56(61-58(60-55)57-44-19-7-5-17-41(44)34-49-43-18-6-4-16-39(43)30-32-48(49)57)42-31-33-54-50(35-42)47-22-10-13-25-53(47)59(54)51-23-11-8-20-45(51)46-21-9-12-24-52(46)59/h1-36H. The summed E-state index contributed by atoms with van der Waals surface area (Å²) in [6.07, 6.45) is 0. The van der Waals surface area contributed by atoms with E-state index in [9.17, 15) is 0 Å². The summed E-state index contributed by atoms with van der Waals surface area (Å²) >= 11 is 0. The van der Waals surface area contributed by atoms with Crippen LogP contribution < -0.4 is 0 Å². The van der Waals surface area contributed by atoms with E-state index in [1.165, 1.54) is 77.2 Å². The van der Waals surface area contributed by atoms with Gasteiger partial charge in [0, 0.05) is 16.7 Å². The number of fused-ring (bicyclic) bond motifs is 14. The molecule has 10 aromatic carbocycles. The zero-order valence-corrected chi connectivity index (χ0v) is 33.2. The molecule has 2 nitrogen and oxygen atoms in total. The van der Waals surface area contributed by atoms with Gasteiger partial charge < -0.3 is 0 Å². The molecular weight excluding hydrogens is 737 g/mol. The predicted molar refractivity (Wildman–Crippen MR) is 253 cm³/mol. The lowest BCUT2D eigenvalue weighted by Crippen LogP contribution is -2.25. The maximum absolute atomic E-state index is 5.58. The van der Waals surface area contributed by atoms with Gasteiger partial charge in [0.25, 0.3) is 0 Å². The fraction of sp³-hybridized carbons (Fsp3) is 0.0169. The highest BCUT2D eigenvalue weighted by Crippen LogP contribution is 2.63. The van der Waals surface area contributed by atoms with Gasteiger partial charge in [0.1, 0.15) is 0 Å². The van der Waals surface area contributed by atoms with E-state index < -0.39 is 5.41 Å². The van der Waals surface area contributed by atoms with Gasteiger partial charge in [0.2, 0.25) is 0 Å². The fourth-order valence-electron chi connectivity index (χ4n) is 10.6. The van der Waals surface area contributed by atoms with E-state index in [1.807, 2.05) is 0 Å². The summed E-state index contributed by atoms with van der Waals surface area (Å²) in [6.45, 7) is 0. The number of nitrogens with zero attached hydrogens (tertiary/aromatic N) is 2. The van der Waals surface area contributed by atoms with E-state index in [2.05, 4.69) is 218 Å². The van der Waals surface area contributed by atoms with Gasteiger partial charge >= 0.3 is 0 Å². The van der Waals surface area contributed by atoms with Gasteiger partial charge in [-0.05, 0) is 106 Å². The van der Waals surface area contributed by atoms with Crippen molar-refractivity contribution in [1.29, 1.82) is 0 Å². The molecule has 1 aromatic heterocycles. The van der Waals surface area contributed by atoms with Crippen LogP contribution in [0, 0.1) is 0 Å². The summed E-state index contributed by atoms with van der Waals surface area (Å²) < 4.78 is 0. The molecule has 2 aliphatic carbocycles. The molecular formula is C59H36N2. The first-order chi connectivity index (χ1) is 30.2. The van der Waals surface area contributed by atoms with Crippen molar-refractivity contribution in [3.63, 3.8) is 0 Å². The SMILES string of the molecule is c1ccc(-c2ccc(-c3cc(-c4ccc5c(c4)-c4ccccc4C54c5ccccc5-c5ccccc54)nc(-c4c5ccccc5cc5c4ccc4ccccc45)n3)cc2)cc1. The first-order valence-electron chi connectivity index (χ1n) is 21.1. The van der Waals surface area contributed by atoms with Crippen LogP contribution in [0.1, 0.15) is 22.3 Å². The summed E-state index contributed by atoms with van der Waals surface area (Å²) in [7, 11) is 0. The topological polar surface area (TPSA) is 25.8 Å². The van der Waals surface area contributed by atoms with Crippen molar-refractivity contribution in [2.75, 3.05) is 0 Å². The Balaban J connectivity index is 1.06. The van der Waals surface area contributed by atoms with E-state index in [-0.39, 0.29) is 0 Å². The Morgan fingerprint density at radius 3 is 1.49 bits per heavy atom. The van der Waals surface area contributed by atoms with Crippen LogP contribution in [0.25, 0.3) is 99.6 Å². The van der Waals surface area contributed by atoms with Crippen molar-refractivity contribution < 1.29 is 0 Å². The Morgan fingerprint density at radius 1 is 0.279 bits per heavy atom. The average Bonchev–Trinajstić information content (AvgIpc) is 3.80. The van der Waals surface area contributed by atoms with Crippen molar-refractivity contribution >= 4 is 32.3 Å². The number of hydrogen-bond acceptors (Lipinski definition) is 2. The first-order valence-corrected chi connectivity index (χ1v) is 21.1. The quantitative estimate of drug-likeness (QED) is 0.132. The second-order valence-electron chi connectivity index (χ2n) is 16.4. The van der Waals surface area contributed by atoms with Gasteiger partial charge in [-0.15, -0.1) is 0 Å². The maximum Gasteiger partial charge on any atom is 0.161 e. The summed E-state index contributed by atoms with van der Waals surface area (Å²) in [4.78, 5) is 11.1. The molecule has 0 saturated carbocycles. The maximum atomic E-state index is 5.58. The van der Waals surface area contributed by atoms with Crippen LogP contribution in [-0.2, 0) is 5.41 Å². The molecule has 11 aromatic rings. The Bertz CT molecular complexity index is 3540. The third kappa shape index (κ3) is 4.91. The summed E-state index contributed by atoms with van der Waals surface area (Å²) in [5.74, 6) is 0.715. The largest absolute Gasteiger partial charge is 0.228 e. The zero-order chi connectivity index (χ0) is 40.1. The predicted octanol–water partition coefficient (Wildman–Crippen LogP) is 14.9. The molecule has 1 spiro atoms. The summed E-state index contributed by atoms with van der Waals surface area (Å²) in [5, 5.41) is 7.08. The fourth-order valence-corrected chi connectivity index (χ4v) is 10.6. The van der Waals surface area contributed by atoms with Crippen molar-refractivity contribution in [3.8, 4) is 67.3 Å². The second kappa shape index (κ2) is 13.0. The summed E-state index contributed by atoms with van der Waals surface area (Å²) in [6, 6.07) is 79.7. The molecule has 1 heterocycles. The first kappa shape index (κ1) is 34.0. The molecule has 2 heteroatoms. The molecule has 282 valence electrons. The third-order valence-corrected chi connectivity index (χ3v) is 13.3. The summed E-state index contributed by atoms with van der Waals surface area (Å²) in [5.41, 5.74) is 17.4. The molecule has 13 rings (SSSR count). The minimum atomic E-state index is -0.398. The number of rotatable bonds is 4. The molecule has 0 atom stereocenters. The number of hydrogen-bond donors (Lipinski definition) is 0. The second-order valence-corrected chi connectivity index (χ2v) is 16.4. The minimum absolute atomic E-state index is 0.398. The zero-order valence-electron chi connectivity index (χ0n) is 33.2. The Labute approximate surface area is 354 Å². The van der Waals surface area contributed by atoms with Crippen LogP contribution in [0.4, 0.5) is 0 Å². The monoisotopic (exact) mass is 772 g/mol. The lowest BCUT2D eigenvalue weighted by Gasteiger charge is -2.30. The highest BCUT2D eigenvalue weighted by molar-refractivity contribution is 6.19. The van der Waals surface area contributed by atoms with Crippen LogP contribution >= 0.6 is 0 Å². The van der Waals surface area contributed by atoms with E-state index in [0.29, 0.717) is 5.82 Å². The van der Waals surface area contributed by atoms with Gasteiger partial charge in [-0.3, -0.25) is 0 Å². The Hall–Kier alpha value is -7.94. The average molecular weight is 773 g/mol. The smallest absolute Gasteiger partial charge is 0.161 e. The molecule has 0 amide bonds. The van der Waals surface area contributed by atoms with Gasteiger partial charge in [0.15, 0.2) is 5.82 Å². The number of aromatic nitrogens is 2. The van der Waals surface area contributed by atoms with E-state index in [4.69, 9.17) is 9.97 Å². The van der Waals surface area contributed by atoms with Crippen molar-refractivity contribution in [2.24, 2.45) is 0 Å². The highest BCUT2D eigenvalue weighted by atomic mass is 14.9. The highest BCUT2D eigenvalue weighted by Gasteiger charge is 2.51. The Morgan fingerprint density at radius 2 is 0.787 bits per heavy atom. The molecule has 0 saturated heterocycles.